The minimum atomic E-state index is -1.25. The van der Waals surface area contributed by atoms with Gasteiger partial charge in [0.25, 0.3) is 0 Å². The average Bonchev–Trinajstić information content (AvgIpc) is 2.69. The summed E-state index contributed by atoms with van der Waals surface area (Å²) in [5.74, 6) is -4.33. The number of aromatic nitrogens is 3. The summed E-state index contributed by atoms with van der Waals surface area (Å²) in [6.45, 7) is 2.01. The molecule has 2 N–H and O–H groups in total. The molecule has 3 heterocycles. The lowest BCUT2D eigenvalue weighted by Gasteiger charge is -2.37. The van der Waals surface area contributed by atoms with E-state index >= 15 is 0 Å². The lowest BCUT2D eigenvalue weighted by Crippen LogP contribution is -2.48. The molecule has 10 heteroatoms. The molecule has 3 aromatic rings. The van der Waals surface area contributed by atoms with Gasteiger partial charge in [-0.2, -0.15) is 8.91 Å². The van der Waals surface area contributed by atoms with Crippen molar-refractivity contribution < 1.29 is 17.6 Å². The van der Waals surface area contributed by atoms with E-state index in [9.17, 15) is 22.4 Å². The van der Waals surface area contributed by atoms with E-state index in [1.165, 1.54) is 6.92 Å². The highest BCUT2D eigenvalue weighted by Gasteiger charge is 2.31. The molecule has 0 unspecified atom stereocenters. The van der Waals surface area contributed by atoms with Gasteiger partial charge in [-0.25, -0.2) is 18.2 Å². The largest absolute Gasteiger partial charge is 0.354 e. The van der Waals surface area contributed by atoms with Gasteiger partial charge in [-0.05, 0) is 37.1 Å². The molecule has 0 aliphatic carbocycles. The van der Waals surface area contributed by atoms with Crippen LogP contribution < -0.4 is 16.2 Å². The minimum Gasteiger partial charge on any atom is -0.354 e. The number of halogens is 4. The molecular weight excluding hydrogens is 390 g/mol. The van der Waals surface area contributed by atoms with Crippen LogP contribution in [0.1, 0.15) is 23.6 Å². The maximum absolute atomic E-state index is 14.1. The number of benzene rings is 1. The van der Waals surface area contributed by atoms with Crippen molar-refractivity contribution in [3.63, 3.8) is 0 Å². The predicted molar refractivity (Wildman–Crippen MR) is 97.8 cm³/mol. The molecule has 152 valence electrons. The van der Waals surface area contributed by atoms with Crippen molar-refractivity contribution in [1.82, 2.24) is 14.6 Å². The van der Waals surface area contributed by atoms with Crippen LogP contribution in [0.3, 0.4) is 0 Å². The topological polar surface area (TPSA) is 76.5 Å². The van der Waals surface area contributed by atoms with Gasteiger partial charge >= 0.3 is 5.56 Å². The van der Waals surface area contributed by atoms with Crippen LogP contribution >= 0.6 is 0 Å². The third-order valence-corrected chi connectivity index (χ3v) is 5.20. The number of fused-ring (bicyclic) bond motifs is 1. The summed E-state index contributed by atoms with van der Waals surface area (Å²) in [4.78, 5) is 17.9. The van der Waals surface area contributed by atoms with Crippen LogP contribution in [0.25, 0.3) is 5.65 Å². The minimum absolute atomic E-state index is 0.0130. The second-order valence-corrected chi connectivity index (χ2v) is 7.07. The van der Waals surface area contributed by atoms with E-state index in [2.05, 4.69) is 10.1 Å². The molecule has 1 aliphatic heterocycles. The normalized spacial score (nSPS) is 19.7. The standard InChI is InChI=1S/C19H17F4N5O/c1-9-18(23)19(29)28-16(25-9)2-3-17(26-28)27-5-4-10(15(24)8-27)11-6-13(21)14(22)7-12(11)20/h2-3,6-7,10,15H,4-5,8,24H2,1H3/t10-,15+/m1/s1. The first-order valence-electron chi connectivity index (χ1n) is 8.97. The van der Waals surface area contributed by atoms with E-state index in [-0.39, 0.29) is 23.4 Å². The van der Waals surface area contributed by atoms with Crippen molar-refractivity contribution >= 4 is 11.5 Å². The van der Waals surface area contributed by atoms with E-state index in [0.29, 0.717) is 24.8 Å². The first-order chi connectivity index (χ1) is 13.8. The maximum atomic E-state index is 14.1. The number of rotatable bonds is 2. The zero-order valence-corrected chi connectivity index (χ0v) is 15.4. The third-order valence-electron chi connectivity index (χ3n) is 5.20. The summed E-state index contributed by atoms with van der Waals surface area (Å²) in [6, 6.07) is 3.94. The van der Waals surface area contributed by atoms with Crippen molar-refractivity contribution in [3.05, 3.63) is 69.1 Å². The molecule has 4 rings (SSSR count). The number of nitrogens with zero attached hydrogens (tertiary/aromatic N) is 4. The van der Waals surface area contributed by atoms with Gasteiger partial charge in [-0.3, -0.25) is 4.79 Å². The van der Waals surface area contributed by atoms with Crippen molar-refractivity contribution in [2.75, 3.05) is 18.0 Å². The molecule has 0 amide bonds. The fourth-order valence-corrected chi connectivity index (χ4v) is 3.68. The molecule has 6 nitrogen and oxygen atoms in total. The van der Waals surface area contributed by atoms with Gasteiger partial charge in [0.1, 0.15) is 11.6 Å². The summed E-state index contributed by atoms with van der Waals surface area (Å²) in [6.07, 6.45) is 0.359. The van der Waals surface area contributed by atoms with Crippen LogP contribution in [0, 0.1) is 30.2 Å². The second-order valence-electron chi connectivity index (χ2n) is 7.07. The van der Waals surface area contributed by atoms with Gasteiger partial charge < -0.3 is 10.6 Å². The monoisotopic (exact) mass is 407 g/mol. The van der Waals surface area contributed by atoms with E-state index in [4.69, 9.17) is 5.73 Å². The molecule has 0 saturated carbocycles. The number of piperidine rings is 1. The highest BCUT2D eigenvalue weighted by atomic mass is 19.2. The Labute approximate surface area is 162 Å². The molecule has 0 spiro atoms. The van der Waals surface area contributed by atoms with Crippen LogP contribution in [-0.4, -0.2) is 33.7 Å². The quantitative estimate of drug-likeness (QED) is 0.521. The van der Waals surface area contributed by atoms with Crippen molar-refractivity contribution in [2.45, 2.75) is 25.3 Å². The fourth-order valence-electron chi connectivity index (χ4n) is 3.68. The number of hydrogen-bond acceptors (Lipinski definition) is 5. The van der Waals surface area contributed by atoms with Crippen molar-refractivity contribution in [3.8, 4) is 0 Å². The zero-order chi connectivity index (χ0) is 20.9. The van der Waals surface area contributed by atoms with E-state index in [1.54, 1.807) is 17.0 Å². The SMILES string of the molecule is Cc1nc2ccc(N3CC[C@H](c4cc(F)c(F)cc4F)[C@@H](N)C3)nn2c(=O)c1F. The number of aryl methyl sites for hydroxylation is 1. The molecule has 0 radical (unpaired) electrons. The van der Waals surface area contributed by atoms with Crippen LogP contribution in [0.4, 0.5) is 23.4 Å². The zero-order valence-electron chi connectivity index (χ0n) is 15.4. The van der Waals surface area contributed by atoms with Crippen molar-refractivity contribution in [1.29, 1.82) is 0 Å². The Balaban J connectivity index is 1.62. The van der Waals surface area contributed by atoms with Crippen LogP contribution in [0.5, 0.6) is 0 Å². The maximum Gasteiger partial charge on any atom is 0.310 e. The van der Waals surface area contributed by atoms with Gasteiger partial charge in [0.15, 0.2) is 17.3 Å². The summed E-state index contributed by atoms with van der Waals surface area (Å²) in [7, 11) is 0. The van der Waals surface area contributed by atoms with Gasteiger partial charge in [0.05, 0.1) is 5.69 Å². The second kappa shape index (κ2) is 7.11. The summed E-state index contributed by atoms with van der Waals surface area (Å²) in [5.41, 5.74) is 5.51. The Bertz CT molecular complexity index is 1170. The van der Waals surface area contributed by atoms with Crippen LogP contribution in [-0.2, 0) is 0 Å². The average molecular weight is 407 g/mol. The molecule has 29 heavy (non-hydrogen) atoms. The summed E-state index contributed by atoms with van der Waals surface area (Å²) >= 11 is 0. The molecule has 1 aliphatic rings. The summed E-state index contributed by atoms with van der Waals surface area (Å²) in [5, 5.41) is 4.16. The molecule has 1 aromatic carbocycles. The van der Waals surface area contributed by atoms with Gasteiger partial charge in [0.2, 0.25) is 5.82 Å². The Morgan fingerprint density at radius 2 is 1.83 bits per heavy atom. The molecule has 2 aromatic heterocycles. The molecule has 0 bridgehead atoms. The highest BCUT2D eigenvalue weighted by Crippen LogP contribution is 2.32. The summed E-state index contributed by atoms with van der Waals surface area (Å²) < 4.78 is 55.6. The van der Waals surface area contributed by atoms with Gasteiger partial charge in [-0.1, -0.05) is 0 Å². The van der Waals surface area contributed by atoms with E-state index < -0.39 is 40.8 Å². The lowest BCUT2D eigenvalue weighted by molar-refractivity contribution is 0.415. The first kappa shape index (κ1) is 19.3. The lowest BCUT2D eigenvalue weighted by atomic mass is 9.85. The number of anilines is 1. The highest BCUT2D eigenvalue weighted by molar-refractivity contribution is 5.47. The Morgan fingerprint density at radius 1 is 1.10 bits per heavy atom. The van der Waals surface area contributed by atoms with Crippen molar-refractivity contribution in [2.24, 2.45) is 5.73 Å². The van der Waals surface area contributed by atoms with Gasteiger partial charge in [-0.15, -0.1) is 5.10 Å². The molecule has 2 atom stereocenters. The predicted octanol–water partition coefficient (Wildman–Crippen LogP) is 2.28. The smallest absolute Gasteiger partial charge is 0.310 e. The van der Waals surface area contributed by atoms with Crippen LogP contribution in [0.15, 0.2) is 29.1 Å². The first-order valence-corrected chi connectivity index (χ1v) is 8.97. The van der Waals surface area contributed by atoms with E-state index in [1.807, 2.05) is 0 Å². The van der Waals surface area contributed by atoms with Gasteiger partial charge in [0, 0.05) is 31.1 Å². The molecule has 1 saturated heterocycles. The number of nitrogens with two attached hydrogens (primary N) is 1. The van der Waals surface area contributed by atoms with E-state index in [0.717, 1.165) is 10.6 Å². The fraction of sp³-hybridized carbons (Fsp3) is 0.316. The Kier molecular flexibility index (Phi) is 4.73. The van der Waals surface area contributed by atoms with Crippen LogP contribution in [0.2, 0.25) is 0 Å². The molecule has 1 fully saturated rings. The molecular formula is C19H17F4N5O. The Hall–Kier alpha value is -3.01. The third kappa shape index (κ3) is 3.33. The Morgan fingerprint density at radius 3 is 2.55 bits per heavy atom. The number of hydrogen-bond donors (Lipinski definition) is 1.